The number of hydrogen-bond donors (Lipinski definition) is 2. The Labute approximate surface area is 116 Å². The van der Waals surface area contributed by atoms with Gasteiger partial charge in [0.1, 0.15) is 6.10 Å². The monoisotopic (exact) mass is 279 g/mol. The van der Waals surface area contributed by atoms with E-state index in [2.05, 4.69) is 10.6 Å². The van der Waals surface area contributed by atoms with Crippen molar-refractivity contribution in [2.45, 2.75) is 18.9 Å². The minimum atomic E-state index is -0.530. The van der Waals surface area contributed by atoms with Crippen molar-refractivity contribution in [3.05, 3.63) is 33.9 Å². The van der Waals surface area contributed by atoms with Gasteiger partial charge in [-0.15, -0.1) is 0 Å². The summed E-state index contributed by atoms with van der Waals surface area (Å²) >= 11 is 0. The molecule has 1 atom stereocenters. The number of carbonyl (C=O) groups is 1. The molecule has 0 bridgehead atoms. The van der Waals surface area contributed by atoms with Crippen LogP contribution in [0.4, 0.5) is 5.69 Å². The number of benzene rings is 1. The van der Waals surface area contributed by atoms with Crippen LogP contribution < -0.4 is 15.4 Å². The van der Waals surface area contributed by atoms with Crippen molar-refractivity contribution in [1.29, 1.82) is 0 Å². The summed E-state index contributed by atoms with van der Waals surface area (Å²) in [6.07, 6.45) is 1.77. The molecule has 1 amide bonds. The summed E-state index contributed by atoms with van der Waals surface area (Å²) in [5.74, 6) is -0.157. The Kier molecular flexibility index (Phi) is 4.52. The molecule has 0 aliphatic carbocycles. The first-order chi connectivity index (χ1) is 9.61. The number of ether oxygens (including phenoxy) is 1. The summed E-state index contributed by atoms with van der Waals surface area (Å²) in [7, 11) is 1.48. The number of hydrogen-bond acceptors (Lipinski definition) is 5. The number of amides is 1. The smallest absolute Gasteiger partial charge is 0.311 e. The Hall–Kier alpha value is -2.15. The molecule has 1 unspecified atom stereocenters. The number of piperidine rings is 1. The fourth-order valence-electron chi connectivity index (χ4n) is 2.15. The maximum atomic E-state index is 11.5. The maximum absolute atomic E-state index is 11.5. The van der Waals surface area contributed by atoms with Crippen LogP contribution in [0.2, 0.25) is 0 Å². The van der Waals surface area contributed by atoms with Gasteiger partial charge in [-0.3, -0.25) is 14.9 Å². The van der Waals surface area contributed by atoms with Gasteiger partial charge in [-0.05, 0) is 31.5 Å². The third-order valence-corrected chi connectivity index (χ3v) is 3.19. The lowest BCUT2D eigenvalue weighted by Crippen LogP contribution is -2.37. The topological polar surface area (TPSA) is 93.5 Å². The van der Waals surface area contributed by atoms with Crippen LogP contribution in [0.15, 0.2) is 18.2 Å². The molecule has 0 spiro atoms. The maximum Gasteiger partial charge on any atom is 0.311 e. The molecule has 2 N–H and O–H groups in total. The predicted octanol–water partition coefficient (Wildman–Crippen LogP) is 1.09. The van der Waals surface area contributed by atoms with Crippen molar-refractivity contribution < 1.29 is 14.5 Å². The minimum Gasteiger partial charge on any atom is -0.482 e. The predicted molar refractivity (Wildman–Crippen MR) is 73.0 cm³/mol. The number of rotatable bonds is 4. The van der Waals surface area contributed by atoms with Gasteiger partial charge in [0.25, 0.3) is 5.91 Å². The largest absolute Gasteiger partial charge is 0.482 e. The zero-order chi connectivity index (χ0) is 14.5. The first kappa shape index (κ1) is 14.3. The van der Waals surface area contributed by atoms with E-state index < -0.39 is 4.92 Å². The Morgan fingerprint density at radius 3 is 2.95 bits per heavy atom. The number of nitro benzene ring substituents is 1. The molecule has 1 aliphatic heterocycles. The van der Waals surface area contributed by atoms with Crippen LogP contribution in [0.1, 0.15) is 23.2 Å². The summed E-state index contributed by atoms with van der Waals surface area (Å²) in [6.45, 7) is 1.62. The van der Waals surface area contributed by atoms with E-state index in [0.29, 0.717) is 6.54 Å². The normalized spacial score (nSPS) is 18.4. The number of carbonyl (C=O) groups excluding carboxylic acids is 1. The highest BCUT2D eigenvalue weighted by molar-refractivity contribution is 5.94. The van der Waals surface area contributed by atoms with Crippen LogP contribution in [-0.4, -0.2) is 37.1 Å². The van der Waals surface area contributed by atoms with Gasteiger partial charge in [-0.25, -0.2) is 0 Å². The summed E-state index contributed by atoms with van der Waals surface area (Å²) in [6, 6.07) is 4.25. The molecule has 2 rings (SSSR count). The molecular formula is C13H17N3O4. The van der Waals surface area contributed by atoms with E-state index in [1.165, 1.54) is 25.2 Å². The molecule has 0 radical (unpaired) electrons. The molecule has 1 aromatic carbocycles. The Morgan fingerprint density at radius 1 is 1.55 bits per heavy atom. The number of nitrogens with one attached hydrogen (secondary N) is 2. The van der Waals surface area contributed by atoms with Crippen LogP contribution in [0, 0.1) is 10.1 Å². The zero-order valence-electron chi connectivity index (χ0n) is 11.2. The molecule has 1 saturated heterocycles. The molecule has 20 heavy (non-hydrogen) atoms. The van der Waals surface area contributed by atoms with Crippen molar-refractivity contribution in [3.8, 4) is 5.75 Å². The molecule has 7 nitrogen and oxygen atoms in total. The van der Waals surface area contributed by atoms with E-state index in [-0.39, 0.29) is 29.0 Å². The van der Waals surface area contributed by atoms with Crippen LogP contribution in [-0.2, 0) is 0 Å². The minimum absolute atomic E-state index is 0.0756. The SMILES string of the molecule is CNC(=O)c1ccc(OC2CCCNC2)c([N+](=O)[O-])c1. The van der Waals surface area contributed by atoms with Crippen molar-refractivity contribution in [1.82, 2.24) is 10.6 Å². The Morgan fingerprint density at radius 2 is 2.35 bits per heavy atom. The van der Waals surface area contributed by atoms with Gasteiger partial charge in [0.2, 0.25) is 0 Å². The molecule has 0 saturated carbocycles. The van der Waals surface area contributed by atoms with Crippen molar-refractivity contribution in [3.63, 3.8) is 0 Å². The zero-order valence-corrected chi connectivity index (χ0v) is 11.2. The van der Waals surface area contributed by atoms with Gasteiger partial charge < -0.3 is 15.4 Å². The molecular weight excluding hydrogens is 262 g/mol. The van der Waals surface area contributed by atoms with E-state index in [4.69, 9.17) is 4.74 Å². The van der Waals surface area contributed by atoms with Gasteiger partial charge in [-0.2, -0.15) is 0 Å². The second-order valence-electron chi connectivity index (χ2n) is 4.60. The molecule has 1 heterocycles. The van der Waals surface area contributed by atoms with Crippen LogP contribution in [0.25, 0.3) is 0 Å². The highest BCUT2D eigenvalue weighted by Gasteiger charge is 2.22. The molecule has 7 heteroatoms. The van der Waals surface area contributed by atoms with Crippen LogP contribution in [0.5, 0.6) is 5.75 Å². The van der Waals surface area contributed by atoms with E-state index in [0.717, 1.165) is 19.4 Å². The van der Waals surface area contributed by atoms with Gasteiger partial charge in [-0.1, -0.05) is 0 Å². The molecule has 1 aromatic rings. The first-order valence-electron chi connectivity index (χ1n) is 6.49. The summed E-state index contributed by atoms with van der Waals surface area (Å²) < 4.78 is 5.68. The standard InChI is InChI=1S/C13H17N3O4/c1-14-13(17)9-4-5-12(11(7-9)16(18)19)20-10-3-2-6-15-8-10/h4-5,7,10,15H,2-3,6,8H2,1H3,(H,14,17). The van der Waals surface area contributed by atoms with E-state index in [9.17, 15) is 14.9 Å². The first-order valence-corrected chi connectivity index (χ1v) is 6.49. The van der Waals surface area contributed by atoms with Gasteiger partial charge >= 0.3 is 5.69 Å². The number of nitrogens with zero attached hydrogens (tertiary/aromatic N) is 1. The average Bonchev–Trinajstić information content (AvgIpc) is 2.47. The van der Waals surface area contributed by atoms with Crippen molar-refractivity contribution in [2.24, 2.45) is 0 Å². The second kappa shape index (κ2) is 6.33. The molecule has 1 fully saturated rings. The summed E-state index contributed by atoms with van der Waals surface area (Å²) in [4.78, 5) is 22.1. The van der Waals surface area contributed by atoms with Crippen molar-refractivity contribution in [2.75, 3.05) is 20.1 Å². The fourth-order valence-corrected chi connectivity index (χ4v) is 2.15. The Bertz CT molecular complexity index is 512. The molecule has 0 aromatic heterocycles. The summed E-state index contributed by atoms with van der Waals surface area (Å²) in [5.41, 5.74) is 0.0602. The molecule has 1 aliphatic rings. The number of nitro groups is 1. The highest BCUT2D eigenvalue weighted by atomic mass is 16.6. The molecule has 108 valence electrons. The lowest BCUT2D eigenvalue weighted by Gasteiger charge is -2.23. The summed E-state index contributed by atoms with van der Waals surface area (Å²) in [5, 5.41) is 16.7. The average molecular weight is 279 g/mol. The lowest BCUT2D eigenvalue weighted by molar-refractivity contribution is -0.386. The highest BCUT2D eigenvalue weighted by Crippen LogP contribution is 2.29. The van der Waals surface area contributed by atoms with Crippen LogP contribution in [0.3, 0.4) is 0 Å². The third kappa shape index (κ3) is 3.24. The van der Waals surface area contributed by atoms with Gasteiger partial charge in [0, 0.05) is 25.2 Å². The van der Waals surface area contributed by atoms with E-state index in [1.54, 1.807) is 0 Å². The van der Waals surface area contributed by atoms with Crippen molar-refractivity contribution >= 4 is 11.6 Å². The van der Waals surface area contributed by atoms with Gasteiger partial charge in [0.05, 0.1) is 4.92 Å². The third-order valence-electron chi connectivity index (χ3n) is 3.19. The fraction of sp³-hybridized carbons (Fsp3) is 0.462. The quantitative estimate of drug-likeness (QED) is 0.635. The van der Waals surface area contributed by atoms with E-state index >= 15 is 0 Å². The second-order valence-corrected chi connectivity index (χ2v) is 4.60. The van der Waals surface area contributed by atoms with E-state index in [1.807, 2.05) is 0 Å². The van der Waals surface area contributed by atoms with Crippen LogP contribution >= 0.6 is 0 Å². The Balaban J connectivity index is 2.23. The lowest BCUT2D eigenvalue weighted by atomic mass is 10.1. The van der Waals surface area contributed by atoms with Gasteiger partial charge in [0.15, 0.2) is 5.75 Å².